The third-order valence-corrected chi connectivity index (χ3v) is 5.55. The van der Waals surface area contributed by atoms with Gasteiger partial charge in [-0.15, -0.1) is 23.1 Å². The number of thiophene rings is 1. The molecular weight excluding hydrogens is 330 g/mol. The first-order chi connectivity index (χ1) is 8.70. The third-order valence-electron chi connectivity index (χ3n) is 2.35. The highest BCUT2D eigenvalue weighted by molar-refractivity contribution is 9.10. The van der Waals surface area contributed by atoms with Gasteiger partial charge in [-0.1, -0.05) is 0 Å². The quantitative estimate of drug-likeness (QED) is 0.626. The van der Waals surface area contributed by atoms with Gasteiger partial charge in [0.25, 0.3) is 0 Å². The summed E-state index contributed by atoms with van der Waals surface area (Å²) in [4.78, 5) is 2.39. The molecule has 1 heterocycles. The molecule has 0 spiro atoms. The van der Waals surface area contributed by atoms with E-state index in [9.17, 15) is 0 Å². The maximum absolute atomic E-state index is 5.98. The average molecular weight is 344 g/mol. The monoisotopic (exact) mass is 343 g/mol. The minimum atomic E-state index is 0.671. The third kappa shape index (κ3) is 3.43. The van der Waals surface area contributed by atoms with Gasteiger partial charge in [-0.05, 0) is 52.5 Å². The molecule has 0 unspecified atom stereocenters. The Labute approximate surface area is 124 Å². The molecule has 5 heteroatoms. The second kappa shape index (κ2) is 6.50. The van der Waals surface area contributed by atoms with Crippen LogP contribution in [0.4, 0.5) is 5.69 Å². The molecule has 96 valence electrons. The van der Waals surface area contributed by atoms with E-state index in [2.05, 4.69) is 27.4 Å². The molecule has 2 N–H and O–H groups in total. The number of hydrogen-bond donors (Lipinski definition) is 1. The number of nitrogen functional groups attached to an aromatic ring is 1. The van der Waals surface area contributed by atoms with Gasteiger partial charge in [0.1, 0.15) is 5.75 Å². The lowest BCUT2D eigenvalue weighted by atomic mass is 10.3. The summed E-state index contributed by atoms with van der Waals surface area (Å²) < 4.78 is 6.65. The molecule has 0 aliphatic rings. The van der Waals surface area contributed by atoms with E-state index in [4.69, 9.17) is 10.5 Å². The zero-order valence-electron chi connectivity index (χ0n) is 9.98. The van der Waals surface area contributed by atoms with E-state index >= 15 is 0 Å². The Morgan fingerprint density at radius 3 is 2.89 bits per heavy atom. The van der Waals surface area contributed by atoms with Gasteiger partial charge < -0.3 is 10.5 Å². The van der Waals surface area contributed by atoms with Crippen LogP contribution in [-0.2, 0) is 5.75 Å². The molecule has 18 heavy (non-hydrogen) atoms. The van der Waals surface area contributed by atoms with Gasteiger partial charge in [0, 0.05) is 25.7 Å². The van der Waals surface area contributed by atoms with E-state index in [1.807, 2.05) is 25.1 Å². The molecule has 1 aromatic heterocycles. The van der Waals surface area contributed by atoms with Crippen molar-refractivity contribution in [2.45, 2.75) is 17.6 Å². The van der Waals surface area contributed by atoms with Crippen molar-refractivity contribution in [1.82, 2.24) is 0 Å². The minimum Gasteiger partial charge on any atom is -0.494 e. The van der Waals surface area contributed by atoms with Crippen LogP contribution in [0.3, 0.4) is 0 Å². The highest BCUT2D eigenvalue weighted by Gasteiger charge is 2.06. The smallest absolute Gasteiger partial charge is 0.120 e. The molecule has 0 saturated carbocycles. The maximum Gasteiger partial charge on any atom is 0.120 e. The van der Waals surface area contributed by atoms with Crippen molar-refractivity contribution < 1.29 is 4.74 Å². The van der Waals surface area contributed by atoms with Crippen LogP contribution in [0.2, 0.25) is 0 Å². The van der Waals surface area contributed by atoms with Crippen LogP contribution in [0.5, 0.6) is 5.75 Å². The Bertz CT molecular complexity index is 527. The molecule has 2 aromatic rings. The molecule has 0 aliphatic carbocycles. The first-order valence-corrected chi connectivity index (χ1v) is 8.23. The van der Waals surface area contributed by atoms with Gasteiger partial charge in [0.15, 0.2) is 0 Å². The SMILES string of the molecule is CCOc1ccc(N)c(SCc2sccc2Br)c1. The molecule has 0 fully saturated rings. The molecule has 0 bridgehead atoms. The first-order valence-electron chi connectivity index (χ1n) is 5.57. The fourth-order valence-electron chi connectivity index (χ4n) is 1.47. The topological polar surface area (TPSA) is 35.2 Å². The Hall–Kier alpha value is -0.650. The predicted octanol–water partition coefficient (Wildman–Crippen LogP) is 4.78. The number of hydrogen-bond acceptors (Lipinski definition) is 4. The van der Waals surface area contributed by atoms with Gasteiger partial charge in [-0.25, -0.2) is 0 Å². The first kappa shape index (κ1) is 13.8. The van der Waals surface area contributed by atoms with Gasteiger partial charge in [-0.3, -0.25) is 0 Å². The van der Waals surface area contributed by atoms with Crippen molar-refractivity contribution in [3.8, 4) is 5.75 Å². The second-order valence-corrected chi connectivity index (χ2v) is 6.49. The number of benzene rings is 1. The highest BCUT2D eigenvalue weighted by Crippen LogP contribution is 2.34. The van der Waals surface area contributed by atoms with Crippen molar-refractivity contribution in [3.05, 3.63) is 39.0 Å². The van der Waals surface area contributed by atoms with Crippen LogP contribution in [0.15, 0.2) is 39.0 Å². The largest absolute Gasteiger partial charge is 0.494 e. The number of anilines is 1. The highest BCUT2D eigenvalue weighted by atomic mass is 79.9. The molecule has 2 nitrogen and oxygen atoms in total. The van der Waals surface area contributed by atoms with Crippen LogP contribution >= 0.6 is 39.0 Å². The van der Waals surface area contributed by atoms with Crippen molar-refractivity contribution in [2.24, 2.45) is 0 Å². The van der Waals surface area contributed by atoms with Crippen molar-refractivity contribution in [1.29, 1.82) is 0 Å². The lowest BCUT2D eigenvalue weighted by Crippen LogP contribution is -1.94. The molecule has 0 saturated heterocycles. The Balaban J connectivity index is 2.08. The Kier molecular flexibility index (Phi) is 4.97. The van der Waals surface area contributed by atoms with Crippen LogP contribution in [0.1, 0.15) is 11.8 Å². The number of halogens is 1. The van der Waals surface area contributed by atoms with Crippen LogP contribution in [0.25, 0.3) is 0 Å². The van der Waals surface area contributed by atoms with Gasteiger partial charge >= 0.3 is 0 Å². The molecule has 0 radical (unpaired) electrons. The lowest BCUT2D eigenvalue weighted by Gasteiger charge is -2.08. The molecule has 1 aromatic carbocycles. The van der Waals surface area contributed by atoms with E-state index in [1.54, 1.807) is 23.1 Å². The summed E-state index contributed by atoms with van der Waals surface area (Å²) >= 11 is 7.02. The molecule has 0 aliphatic heterocycles. The second-order valence-electron chi connectivity index (χ2n) is 3.61. The van der Waals surface area contributed by atoms with Crippen molar-refractivity contribution in [2.75, 3.05) is 12.3 Å². The Morgan fingerprint density at radius 2 is 2.22 bits per heavy atom. The molecular formula is C13H14BrNOS2. The van der Waals surface area contributed by atoms with Crippen molar-refractivity contribution in [3.63, 3.8) is 0 Å². The predicted molar refractivity (Wildman–Crippen MR) is 83.6 cm³/mol. The fourth-order valence-corrected chi connectivity index (χ4v) is 4.26. The summed E-state index contributed by atoms with van der Waals surface area (Å²) in [5, 5.41) is 2.08. The van der Waals surface area contributed by atoms with Crippen molar-refractivity contribution >= 4 is 44.7 Å². The van der Waals surface area contributed by atoms with Gasteiger partial charge in [0.05, 0.1) is 6.61 Å². The maximum atomic E-state index is 5.98. The van der Waals surface area contributed by atoms with E-state index < -0.39 is 0 Å². The number of rotatable bonds is 5. The molecule has 2 rings (SSSR count). The summed E-state index contributed by atoms with van der Waals surface area (Å²) in [6, 6.07) is 7.88. The summed E-state index contributed by atoms with van der Waals surface area (Å²) in [6.07, 6.45) is 0. The molecule has 0 amide bonds. The van der Waals surface area contributed by atoms with Crippen LogP contribution in [-0.4, -0.2) is 6.61 Å². The zero-order chi connectivity index (χ0) is 13.0. The number of nitrogens with two attached hydrogens (primary N) is 1. The normalized spacial score (nSPS) is 10.6. The van der Waals surface area contributed by atoms with E-state index in [1.165, 1.54) is 9.35 Å². The zero-order valence-corrected chi connectivity index (χ0v) is 13.2. The van der Waals surface area contributed by atoms with Crippen LogP contribution in [0, 0.1) is 0 Å². The van der Waals surface area contributed by atoms with Gasteiger partial charge in [0.2, 0.25) is 0 Å². The minimum absolute atomic E-state index is 0.671. The average Bonchev–Trinajstić information content (AvgIpc) is 2.76. The summed E-state index contributed by atoms with van der Waals surface area (Å²) in [5.41, 5.74) is 6.78. The Morgan fingerprint density at radius 1 is 1.39 bits per heavy atom. The summed E-state index contributed by atoms with van der Waals surface area (Å²) in [5.74, 6) is 1.79. The van der Waals surface area contributed by atoms with E-state index in [-0.39, 0.29) is 0 Å². The lowest BCUT2D eigenvalue weighted by molar-refractivity contribution is 0.339. The number of thioether (sulfide) groups is 1. The van der Waals surface area contributed by atoms with E-state index in [0.717, 1.165) is 22.1 Å². The number of ether oxygens (including phenoxy) is 1. The summed E-state index contributed by atoms with van der Waals surface area (Å²) in [7, 11) is 0. The molecule has 0 atom stereocenters. The van der Waals surface area contributed by atoms with Gasteiger partial charge in [-0.2, -0.15) is 0 Å². The fraction of sp³-hybridized carbons (Fsp3) is 0.231. The van der Waals surface area contributed by atoms with Crippen LogP contribution < -0.4 is 10.5 Å². The summed E-state index contributed by atoms with van der Waals surface area (Å²) in [6.45, 7) is 2.65. The van der Waals surface area contributed by atoms with E-state index in [0.29, 0.717) is 6.61 Å². The standard InChI is InChI=1S/C13H14BrNOS2/c1-2-16-9-3-4-11(15)12(7-9)18-8-13-10(14)5-6-17-13/h3-7H,2,8,15H2,1H3.